The third kappa shape index (κ3) is 2.81. The maximum Gasteiger partial charge on any atom is 0.328 e. The number of hydrogen-bond donors (Lipinski definition) is 1. The summed E-state index contributed by atoms with van der Waals surface area (Å²) < 4.78 is 0.653. The molecule has 1 aromatic carbocycles. The van der Waals surface area contributed by atoms with Crippen LogP contribution in [0, 0.1) is 0 Å². The molecule has 0 atom stereocenters. The van der Waals surface area contributed by atoms with Gasteiger partial charge in [-0.1, -0.05) is 28.1 Å². The lowest BCUT2D eigenvalue weighted by molar-refractivity contribution is -0.131. The standard InChI is InChI=1S/C10H7BrO3/c11-8-4-2-1-3-7(8)9(12)5-6-10(13)14/h1-6H,(H,13,14)/b6-5+. The first kappa shape index (κ1) is 10.7. The second kappa shape index (κ2) is 4.72. The van der Waals surface area contributed by atoms with Crippen molar-refractivity contribution in [3.05, 3.63) is 46.5 Å². The number of carboxylic acid groups (broad SMARTS) is 1. The van der Waals surface area contributed by atoms with Crippen molar-refractivity contribution in [2.24, 2.45) is 0 Å². The van der Waals surface area contributed by atoms with E-state index in [0.717, 1.165) is 12.2 Å². The molecule has 0 unspecified atom stereocenters. The summed E-state index contributed by atoms with van der Waals surface area (Å²) in [6.45, 7) is 0. The molecule has 0 saturated heterocycles. The summed E-state index contributed by atoms with van der Waals surface area (Å²) in [5, 5.41) is 8.33. The summed E-state index contributed by atoms with van der Waals surface area (Å²) in [6, 6.07) is 6.84. The molecule has 0 amide bonds. The predicted molar refractivity (Wildman–Crippen MR) is 55.2 cm³/mol. The van der Waals surface area contributed by atoms with Crippen molar-refractivity contribution < 1.29 is 14.7 Å². The van der Waals surface area contributed by atoms with Crippen LogP contribution in [0.1, 0.15) is 10.4 Å². The normalized spacial score (nSPS) is 10.4. The largest absolute Gasteiger partial charge is 0.478 e. The third-order valence-corrected chi connectivity index (χ3v) is 2.21. The fraction of sp³-hybridized carbons (Fsp3) is 0. The van der Waals surface area contributed by atoms with Gasteiger partial charge in [0.25, 0.3) is 0 Å². The van der Waals surface area contributed by atoms with E-state index in [1.165, 1.54) is 0 Å². The van der Waals surface area contributed by atoms with Crippen LogP contribution in [-0.4, -0.2) is 16.9 Å². The summed E-state index contributed by atoms with van der Waals surface area (Å²) in [5.41, 5.74) is 0.449. The van der Waals surface area contributed by atoms with Crippen LogP contribution in [0.2, 0.25) is 0 Å². The van der Waals surface area contributed by atoms with Gasteiger partial charge in [-0.2, -0.15) is 0 Å². The van der Waals surface area contributed by atoms with Gasteiger partial charge in [-0.25, -0.2) is 4.79 Å². The topological polar surface area (TPSA) is 54.4 Å². The highest BCUT2D eigenvalue weighted by atomic mass is 79.9. The highest BCUT2D eigenvalue weighted by molar-refractivity contribution is 9.10. The van der Waals surface area contributed by atoms with E-state index >= 15 is 0 Å². The van der Waals surface area contributed by atoms with E-state index < -0.39 is 5.97 Å². The number of aliphatic carboxylic acids is 1. The van der Waals surface area contributed by atoms with Gasteiger partial charge in [-0.15, -0.1) is 0 Å². The first-order valence-electron chi connectivity index (χ1n) is 3.81. The lowest BCUT2D eigenvalue weighted by atomic mass is 10.1. The van der Waals surface area contributed by atoms with E-state index in [4.69, 9.17) is 5.11 Å². The molecule has 0 aliphatic rings. The highest BCUT2D eigenvalue weighted by Gasteiger charge is 2.05. The van der Waals surface area contributed by atoms with E-state index in [0.29, 0.717) is 10.0 Å². The molecule has 4 heteroatoms. The third-order valence-electron chi connectivity index (χ3n) is 1.52. The molecule has 14 heavy (non-hydrogen) atoms. The molecule has 0 bridgehead atoms. The molecule has 1 N–H and O–H groups in total. The van der Waals surface area contributed by atoms with Crippen LogP contribution in [0.5, 0.6) is 0 Å². The number of carbonyl (C=O) groups is 2. The second-order valence-electron chi connectivity index (χ2n) is 2.52. The monoisotopic (exact) mass is 254 g/mol. The Labute approximate surface area is 89.2 Å². The van der Waals surface area contributed by atoms with Gasteiger partial charge in [-0.05, 0) is 18.2 Å². The summed E-state index contributed by atoms with van der Waals surface area (Å²) >= 11 is 3.20. The van der Waals surface area contributed by atoms with Gasteiger partial charge in [0, 0.05) is 16.1 Å². The zero-order chi connectivity index (χ0) is 10.6. The number of carbonyl (C=O) groups excluding carboxylic acids is 1. The highest BCUT2D eigenvalue weighted by Crippen LogP contribution is 2.16. The Balaban J connectivity index is 2.91. The van der Waals surface area contributed by atoms with Crippen molar-refractivity contribution in [3.63, 3.8) is 0 Å². The van der Waals surface area contributed by atoms with Crippen LogP contribution in [0.15, 0.2) is 40.9 Å². The molecule has 0 aliphatic carbocycles. The van der Waals surface area contributed by atoms with Gasteiger partial charge in [0.2, 0.25) is 0 Å². The lowest BCUT2D eigenvalue weighted by Crippen LogP contribution is -1.97. The molecule has 1 rings (SSSR count). The summed E-state index contributed by atoms with van der Waals surface area (Å²) in [7, 11) is 0. The first-order valence-corrected chi connectivity index (χ1v) is 4.60. The van der Waals surface area contributed by atoms with Crippen LogP contribution in [0.3, 0.4) is 0 Å². The Morgan fingerprint density at radius 1 is 1.21 bits per heavy atom. The molecule has 0 spiro atoms. The average molecular weight is 255 g/mol. The fourth-order valence-corrected chi connectivity index (χ4v) is 1.38. The zero-order valence-corrected chi connectivity index (χ0v) is 8.69. The number of allylic oxidation sites excluding steroid dienone is 1. The summed E-state index contributed by atoms with van der Waals surface area (Å²) in [4.78, 5) is 21.6. The van der Waals surface area contributed by atoms with Crippen molar-refractivity contribution in [1.29, 1.82) is 0 Å². The van der Waals surface area contributed by atoms with Crippen LogP contribution < -0.4 is 0 Å². The van der Waals surface area contributed by atoms with E-state index in [2.05, 4.69) is 15.9 Å². The fourth-order valence-electron chi connectivity index (χ4n) is 0.898. The predicted octanol–water partition coefficient (Wildman–Crippen LogP) is 2.27. The van der Waals surface area contributed by atoms with Crippen molar-refractivity contribution in [3.8, 4) is 0 Å². The molecular weight excluding hydrogens is 248 g/mol. The van der Waals surface area contributed by atoms with E-state index in [1.807, 2.05) is 0 Å². The zero-order valence-electron chi connectivity index (χ0n) is 7.11. The Bertz CT molecular complexity index is 396. The van der Waals surface area contributed by atoms with Crippen LogP contribution in [0.4, 0.5) is 0 Å². The average Bonchev–Trinajstić information content (AvgIpc) is 2.15. The van der Waals surface area contributed by atoms with Crippen LogP contribution >= 0.6 is 15.9 Å². The van der Waals surface area contributed by atoms with Crippen LogP contribution in [-0.2, 0) is 4.79 Å². The van der Waals surface area contributed by atoms with Gasteiger partial charge >= 0.3 is 5.97 Å². The smallest absolute Gasteiger partial charge is 0.328 e. The molecule has 0 radical (unpaired) electrons. The number of carboxylic acids is 1. The van der Waals surface area contributed by atoms with Crippen LogP contribution in [0.25, 0.3) is 0 Å². The van der Waals surface area contributed by atoms with Gasteiger partial charge < -0.3 is 5.11 Å². The summed E-state index contributed by atoms with van der Waals surface area (Å²) in [6.07, 6.45) is 1.85. The Morgan fingerprint density at radius 3 is 2.43 bits per heavy atom. The van der Waals surface area contributed by atoms with Crippen molar-refractivity contribution in [1.82, 2.24) is 0 Å². The van der Waals surface area contributed by atoms with Gasteiger partial charge in [0.15, 0.2) is 5.78 Å². The lowest BCUT2D eigenvalue weighted by Gasteiger charge is -1.97. The Morgan fingerprint density at radius 2 is 1.86 bits per heavy atom. The molecule has 0 aromatic heterocycles. The van der Waals surface area contributed by atoms with Gasteiger partial charge in [0.1, 0.15) is 0 Å². The molecule has 3 nitrogen and oxygen atoms in total. The van der Waals surface area contributed by atoms with E-state index in [1.54, 1.807) is 24.3 Å². The quantitative estimate of drug-likeness (QED) is 0.665. The maximum atomic E-state index is 11.4. The molecular formula is C10H7BrO3. The van der Waals surface area contributed by atoms with E-state index in [9.17, 15) is 9.59 Å². The van der Waals surface area contributed by atoms with Gasteiger partial charge in [-0.3, -0.25) is 4.79 Å². The van der Waals surface area contributed by atoms with E-state index in [-0.39, 0.29) is 5.78 Å². The Kier molecular flexibility index (Phi) is 3.59. The molecule has 1 aromatic rings. The number of hydrogen-bond acceptors (Lipinski definition) is 2. The maximum absolute atomic E-state index is 11.4. The number of halogens is 1. The molecule has 72 valence electrons. The first-order chi connectivity index (χ1) is 6.61. The minimum Gasteiger partial charge on any atom is -0.478 e. The molecule has 0 heterocycles. The minimum atomic E-state index is -1.13. The number of rotatable bonds is 3. The minimum absolute atomic E-state index is 0.333. The van der Waals surface area contributed by atoms with Crippen molar-refractivity contribution >= 4 is 27.7 Å². The number of benzene rings is 1. The second-order valence-corrected chi connectivity index (χ2v) is 3.37. The molecule has 0 aliphatic heterocycles. The van der Waals surface area contributed by atoms with Crippen molar-refractivity contribution in [2.75, 3.05) is 0 Å². The molecule has 0 fully saturated rings. The number of ketones is 1. The van der Waals surface area contributed by atoms with Gasteiger partial charge in [0.05, 0.1) is 0 Å². The van der Waals surface area contributed by atoms with Crippen molar-refractivity contribution in [2.45, 2.75) is 0 Å². The SMILES string of the molecule is O=C(O)/C=C/C(=O)c1ccccc1Br. The Hall–Kier alpha value is -1.42. The summed E-state index contributed by atoms with van der Waals surface area (Å²) in [5.74, 6) is -1.47. The molecule has 0 saturated carbocycles.